The SMILES string of the molecule is COc1ccc(C(=O)CSc2nnc3ccccn23)c(OC)c1. The van der Waals surface area contributed by atoms with Crippen LogP contribution in [0, 0.1) is 0 Å². The summed E-state index contributed by atoms with van der Waals surface area (Å²) < 4.78 is 12.3. The molecule has 23 heavy (non-hydrogen) atoms. The molecule has 1 aromatic carbocycles. The van der Waals surface area contributed by atoms with Crippen molar-refractivity contribution in [3.05, 3.63) is 48.2 Å². The molecule has 2 aromatic heterocycles. The fourth-order valence-corrected chi connectivity index (χ4v) is 2.96. The van der Waals surface area contributed by atoms with Gasteiger partial charge < -0.3 is 9.47 Å². The van der Waals surface area contributed by atoms with E-state index < -0.39 is 0 Å². The Bertz CT molecular complexity index is 847. The molecule has 0 fully saturated rings. The number of ketones is 1. The van der Waals surface area contributed by atoms with Crippen molar-refractivity contribution >= 4 is 23.2 Å². The van der Waals surface area contributed by atoms with E-state index in [9.17, 15) is 4.79 Å². The summed E-state index contributed by atoms with van der Waals surface area (Å²) in [5, 5.41) is 8.85. The molecule has 0 aliphatic heterocycles. The molecule has 0 saturated carbocycles. The molecule has 3 rings (SSSR count). The molecular formula is C16H15N3O3S. The predicted molar refractivity (Wildman–Crippen MR) is 87.6 cm³/mol. The van der Waals surface area contributed by atoms with Crippen LogP contribution < -0.4 is 9.47 Å². The highest BCUT2D eigenvalue weighted by molar-refractivity contribution is 7.99. The van der Waals surface area contributed by atoms with Gasteiger partial charge in [0.15, 0.2) is 16.6 Å². The number of nitrogens with zero attached hydrogens (tertiary/aromatic N) is 3. The summed E-state index contributed by atoms with van der Waals surface area (Å²) in [5.74, 6) is 1.36. The van der Waals surface area contributed by atoms with Gasteiger partial charge in [0, 0.05) is 12.3 Å². The molecule has 0 spiro atoms. The number of pyridine rings is 1. The number of fused-ring (bicyclic) bond motifs is 1. The van der Waals surface area contributed by atoms with E-state index in [0.717, 1.165) is 5.65 Å². The zero-order chi connectivity index (χ0) is 16.2. The number of Topliss-reactive ketones (excluding diaryl/α,β-unsaturated/α-hetero) is 1. The Kier molecular flexibility index (Phi) is 4.47. The van der Waals surface area contributed by atoms with Gasteiger partial charge in [-0.1, -0.05) is 17.8 Å². The second-order valence-electron chi connectivity index (χ2n) is 4.69. The number of thioether (sulfide) groups is 1. The first-order valence-electron chi connectivity index (χ1n) is 6.90. The number of hydrogen-bond donors (Lipinski definition) is 0. The Morgan fingerprint density at radius 3 is 2.83 bits per heavy atom. The lowest BCUT2D eigenvalue weighted by Crippen LogP contribution is -2.06. The number of methoxy groups -OCH3 is 2. The van der Waals surface area contributed by atoms with Crippen LogP contribution in [0.2, 0.25) is 0 Å². The van der Waals surface area contributed by atoms with Crippen LogP contribution >= 0.6 is 11.8 Å². The van der Waals surface area contributed by atoms with Crippen molar-refractivity contribution in [1.29, 1.82) is 0 Å². The molecule has 3 aromatic rings. The minimum Gasteiger partial charge on any atom is -0.497 e. The van der Waals surface area contributed by atoms with Crippen molar-refractivity contribution < 1.29 is 14.3 Å². The largest absolute Gasteiger partial charge is 0.497 e. The first-order valence-corrected chi connectivity index (χ1v) is 7.89. The summed E-state index contributed by atoms with van der Waals surface area (Å²) >= 11 is 1.34. The van der Waals surface area contributed by atoms with Crippen LogP contribution in [0.25, 0.3) is 5.65 Å². The standard InChI is InChI=1S/C16H15N3O3S/c1-21-11-6-7-12(14(9-11)22-2)13(20)10-23-16-18-17-15-5-3-4-8-19(15)16/h3-9H,10H2,1-2H3. The predicted octanol–water partition coefficient (Wildman–Crippen LogP) is 2.72. The van der Waals surface area contributed by atoms with Gasteiger partial charge in [0.1, 0.15) is 11.5 Å². The lowest BCUT2D eigenvalue weighted by molar-refractivity contribution is 0.101. The smallest absolute Gasteiger partial charge is 0.196 e. The highest BCUT2D eigenvalue weighted by Gasteiger charge is 2.15. The molecule has 118 valence electrons. The molecule has 0 amide bonds. The first kappa shape index (κ1) is 15.4. The van der Waals surface area contributed by atoms with Crippen molar-refractivity contribution in [2.45, 2.75) is 5.16 Å². The number of benzene rings is 1. The Morgan fingerprint density at radius 1 is 1.17 bits per heavy atom. The highest BCUT2D eigenvalue weighted by Crippen LogP contribution is 2.27. The molecule has 0 radical (unpaired) electrons. The summed E-state index contributed by atoms with van der Waals surface area (Å²) in [6.07, 6.45) is 1.87. The van der Waals surface area contributed by atoms with E-state index in [1.165, 1.54) is 18.9 Å². The monoisotopic (exact) mass is 329 g/mol. The average molecular weight is 329 g/mol. The highest BCUT2D eigenvalue weighted by atomic mass is 32.2. The van der Waals surface area contributed by atoms with E-state index >= 15 is 0 Å². The van der Waals surface area contributed by atoms with E-state index in [0.29, 0.717) is 22.2 Å². The third kappa shape index (κ3) is 3.14. The van der Waals surface area contributed by atoms with Gasteiger partial charge in [0.05, 0.1) is 25.5 Å². The second-order valence-corrected chi connectivity index (χ2v) is 5.63. The maximum absolute atomic E-state index is 12.5. The topological polar surface area (TPSA) is 65.7 Å². The van der Waals surface area contributed by atoms with E-state index in [1.54, 1.807) is 25.3 Å². The zero-order valence-electron chi connectivity index (χ0n) is 12.7. The van der Waals surface area contributed by atoms with Gasteiger partial charge in [-0.15, -0.1) is 10.2 Å². The molecule has 2 heterocycles. The summed E-state index contributed by atoms with van der Waals surface area (Å²) in [7, 11) is 3.10. The number of hydrogen-bond acceptors (Lipinski definition) is 6. The van der Waals surface area contributed by atoms with Crippen LogP contribution in [0.15, 0.2) is 47.8 Å². The maximum atomic E-state index is 12.5. The van der Waals surface area contributed by atoms with Crippen molar-refractivity contribution in [3.63, 3.8) is 0 Å². The van der Waals surface area contributed by atoms with E-state index in [-0.39, 0.29) is 11.5 Å². The van der Waals surface area contributed by atoms with Gasteiger partial charge in [-0.25, -0.2) is 0 Å². The van der Waals surface area contributed by atoms with E-state index in [4.69, 9.17) is 9.47 Å². The van der Waals surface area contributed by atoms with Crippen LogP contribution in [0.1, 0.15) is 10.4 Å². The Balaban J connectivity index is 1.77. The lowest BCUT2D eigenvalue weighted by atomic mass is 10.1. The lowest BCUT2D eigenvalue weighted by Gasteiger charge is -2.09. The molecular weight excluding hydrogens is 314 g/mol. The van der Waals surface area contributed by atoms with Crippen LogP contribution in [0.5, 0.6) is 11.5 Å². The third-order valence-electron chi connectivity index (χ3n) is 3.32. The van der Waals surface area contributed by atoms with Crippen molar-refractivity contribution in [3.8, 4) is 11.5 Å². The van der Waals surface area contributed by atoms with Crippen molar-refractivity contribution in [2.24, 2.45) is 0 Å². The molecule has 0 atom stereocenters. The van der Waals surface area contributed by atoms with Crippen molar-refractivity contribution in [2.75, 3.05) is 20.0 Å². The van der Waals surface area contributed by atoms with Crippen LogP contribution in [0.4, 0.5) is 0 Å². The van der Waals surface area contributed by atoms with E-state index in [2.05, 4.69) is 10.2 Å². The number of aromatic nitrogens is 3. The van der Waals surface area contributed by atoms with Gasteiger partial charge in [0.2, 0.25) is 0 Å². The van der Waals surface area contributed by atoms with Crippen molar-refractivity contribution in [1.82, 2.24) is 14.6 Å². The van der Waals surface area contributed by atoms with E-state index in [1.807, 2.05) is 28.8 Å². The first-order chi connectivity index (χ1) is 11.2. The number of carbonyl (C=O) groups is 1. The van der Waals surface area contributed by atoms with Gasteiger partial charge in [-0.2, -0.15) is 0 Å². The number of rotatable bonds is 6. The Labute approximate surface area is 137 Å². The fraction of sp³-hybridized carbons (Fsp3) is 0.188. The maximum Gasteiger partial charge on any atom is 0.196 e. The summed E-state index contributed by atoms with van der Waals surface area (Å²) in [6.45, 7) is 0. The quantitative estimate of drug-likeness (QED) is 0.512. The molecule has 7 heteroatoms. The molecule has 0 N–H and O–H groups in total. The van der Waals surface area contributed by atoms with Gasteiger partial charge in [-0.05, 0) is 24.3 Å². The Morgan fingerprint density at radius 2 is 2.04 bits per heavy atom. The van der Waals surface area contributed by atoms with Crippen LogP contribution in [-0.4, -0.2) is 40.4 Å². The van der Waals surface area contributed by atoms with Gasteiger partial charge in [-0.3, -0.25) is 9.20 Å². The summed E-state index contributed by atoms with van der Waals surface area (Å²) in [4.78, 5) is 12.5. The zero-order valence-corrected chi connectivity index (χ0v) is 13.5. The third-order valence-corrected chi connectivity index (χ3v) is 4.27. The molecule has 6 nitrogen and oxygen atoms in total. The normalized spacial score (nSPS) is 10.7. The average Bonchev–Trinajstić information content (AvgIpc) is 3.02. The van der Waals surface area contributed by atoms with Gasteiger partial charge >= 0.3 is 0 Å². The number of carbonyl (C=O) groups excluding carboxylic acids is 1. The Hall–Kier alpha value is -2.54. The van der Waals surface area contributed by atoms with Crippen LogP contribution in [-0.2, 0) is 0 Å². The fourth-order valence-electron chi connectivity index (χ4n) is 2.15. The minimum atomic E-state index is -0.0396. The number of ether oxygens (including phenoxy) is 2. The molecule has 0 bridgehead atoms. The molecule has 0 aliphatic carbocycles. The molecule has 0 saturated heterocycles. The summed E-state index contributed by atoms with van der Waals surface area (Å²) in [6, 6.07) is 10.8. The van der Waals surface area contributed by atoms with Gasteiger partial charge in [0.25, 0.3) is 0 Å². The second kappa shape index (κ2) is 6.70. The minimum absolute atomic E-state index is 0.0396. The molecule has 0 unspecified atom stereocenters. The molecule has 0 aliphatic rings. The summed E-state index contributed by atoms with van der Waals surface area (Å²) in [5.41, 5.74) is 1.28. The van der Waals surface area contributed by atoms with Crippen LogP contribution in [0.3, 0.4) is 0 Å².